The monoisotopic (exact) mass is 513 g/mol. The number of nitrogens with one attached hydrogen (secondary N) is 1. The second kappa shape index (κ2) is 10.0. The van der Waals surface area contributed by atoms with E-state index in [0.29, 0.717) is 11.6 Å². The molecule has 1 fully saturated rings. The first-order valence-electron chi connectivity index (χ1n) is 12.8. The summed E-state index contributed by atoms with van der Waals surface area (Å²) in [7, 11) is 0. The molecule has 2 aliphatic rings. The normalized spacial score (nSPS) is 19.9. The van der Waals surface area contributed by atoms with Crippen molar-refractivity contribution in [2.24, 2.45) is 5.41 Å². The number of amides is 1. The number of fused-ring (bicyclic) bond motifs is 1. The summed E-state index contributed by atoms with van der Waals surface area (Å²) in [5.74, 6) is -0.318. The molecule has 2 aromatic carbocycles. The Morgan fingerprint density at radius 3 is 2.68 bits per heavy atom. The maximum absolute atomic E-state index is 14.0. The van der Waals surface area contributed by atoms with Crippen molar-refractivity contribution < 1.29 is 9.18 Å². The smallest absolute Gasteiger partial charge is 0.233 e. The van der Waals surface area contributed by atoms with Crippen LogP contribution in [0.4, 0.5) is 9.52 Å². The number of anilines is 1. The minimum Gasteiger partial charge on any atom is -0.300 e. The third-order valence-corrected chi connectivity index (χ3v) is 8.37. The lowest BCUT2D eigenvalue weighted by atomic mass is 9.61. The van der Waals surface area contributed by atoms with Gasteiger partial charge in [0.25, 0.3) is 0 Å². The standard InChI is InChI=1S/C29H28FN5OS/c30-23-10-12-24(13-11-23)35-25-14-9-21(17-22(25)18-32-35)26(20-7-3-1-4-8-20)29(15-5-2-6-16-29)27(36)33-28-34-31-19-37-28/h1,3-4,7-12,14,17-19,24,26H,2,5-6,13,15-16H2,(H,33,34,36). The van der Waals surface area contributed by atoms with Crippen LogP contribution >= 0.6 is 11.3 Å². The van der Waals surface area contributed by atoms with Gasteiger partial charge in [0.1, 0.15) is 11.3 Å². The molecule has 1 saturated carbocycles. The second-order valence-electron chi connectivity index (χ2n) is 9.92. The van der Waals surface area contributed by atoms with Gasteiger partial charge in [-0.1, -0.05) is 73.1 Å². The van der Waals surface area contributed by atoms with Crippen LogP contribution in [-0.4, -0.2) is 25.9 Å². The first-order chi connectivity index (χ1) is 18.1. The first kappa shape index (κ1) is 23.7. The number of halogens is 1. The van der Waals surface area contributed by atoms with Gasteiger partial charge in [-0.15, -0.1) is 10.2 Å². The minimum absolute atomic E-state index is 0.00903. The number of carbonyl (C=O) groups excluding carboxylic acids is 1. The zero-order valence-electron chi connectivity index (χ0n) is 20.4. The fourth-order valence-electron chi connectivity index (χ4n) is 6.03. The molecule has 0 spiro atoms. The minimum atomic E-state index is -0.608. The van der Waals surface area contributed by atoms with E-state index < -0.39 is 5.41 Å². The predicted octanol–water partition coefficient (Wildman–Crippen LogP) is 6.96. The zero-order valence-corrected chi connectivity index (χ0v) is 21.2. The fraction of sp³-hybridized carbons (Fsp3) is 0.310. The quantitative estimate of drug-likeness (QED) is 0.302. The van der Waals surface area contributed by atoms with Gasteiger partial charge in [0.05, 0.1) is 23.2 Å². The molecule has 4 aromatic rings. The van der Waals surface area contributed by atoms with Gasteiger partial charge in [-0.25, -0.2) is 4.39 Å². The van der Waals surface area contributed by atoms with E-state index in [4.69, 9.17) is 0 Å². The molecule has 0 bridgehead atoms. The van der Waals surface area contributed by atoms with Crippen molar-refractivity contribution in [2.45, 2.75) is 50.5 Å². The van der Waals surface area contributed by atoms with Crippen molar-refractivity contribution in [3.63, 3.8) is 0 Å². The molecule has 6 nitrogen and oxygen atoms in total. The van der Waals surface area contributed by atoms with E-state index in [1.54, 1.807) is 11.6 Å². The molecule has 2 aliphatic carbocycles. The van der Waals surface area contributed by atoms with Gasteiger partial charge in [0.15, 0.2) is 0 Å². The third-order valence-electron chi connectivity index (χ3n) is 7.76. The molecule has 2 unspecified atom stereocenters. The summed E-state index contributed by atoms with van der Waals surface area (Å²) >= 11 is 1.34. The van der Waals surface area contributed by atoms with Crippen LogP contribution in [0.3, 0.4) is 0 Å². The summed E-state index contributed by atoms with van der Waals surface area (Å²) < 4.78 is 15.5. The van der Waals surface area contributed by atoms with Crippen LogP contribution in [0.1, 0.15) is 61.6 Å². The highest BCUT2D eigenvalue weighted by molar-refractivity contribution is 7.13. The molecule has 6 rings (SSSR count). The van der Waals surface area contributed by atoms with Crippen LogP contribution in [0.2, 0.25) is 0 Å². The average molecular weight is 514 g/mol. The van der Waals surface area contributed by atoms with E-state index in [9.17, 15) is 9.18 Å². The third kappa shape index (κ3) is 4.50. The Hall–Kier alpha value is -3.65. The van der Waals surface area contributed by atoms with Crippen molar-refractivity contribution in [3.05, 3.63) is 95.4 Å². The van der Waals surface area contributed by atoms with Crippen LogP contribution in [-0.2, 0) is 4.79 Å². The lowest BCUT2D eigenvalue weighted by molar-refractivity contribution is -0.128. The molecule has 0 aliphatic heterocycles. The largest absolute Gasteiger partial charge is 0.300 e. The fourth-order valence-corrected chi connectivity index (χ4v) is 6.47. The molecule has 37 heavy (non-hydrogen) atoms. The topological polar surface area (TPSA) is 72.7 Å². The highest BCUT2D eigenvalue weighted by Crippen LogP contribution is 2.51. The van der Waals surface area contributed by atoms with Gasteiger partial charge in [-0.2, -0.15) is 5.10 Å². The van der Waals surface area contributed by atoms with Gasteiger partial charge in [-0.3, -0.25) is 9.48 Å². The number of benzene rings is 2. The number of aromatic nitrogens is 4. The van der Waals surface area contributed by atoms with Crippen LogP contribution in [0.25, 0.3) is 10.9 Å². The van der Waals surface area contributed by atoms with E-state index in [1.165, 1.54) is 17.4 Å². The highest BCUT2D eigenvalue weighted by atomic mass is 32.1. The van der Waals surface area contributed by atoms with Gasteiger partial charge < -0.3 is 5.32 Å². The molecule has 2 atom stereocenters. The van der Waals surface area contributed by atoms with Crippen molar-refractivity contribution in [3.8, 4) is 0 Å². The zero-order chi connectivity index (χ0) is 25.2. The number of nitrogens with zero attached hydrogens (tertiary/aromatic N) is 4. The summed E-state index contributed by atoms with van der Waals surface area (Å²) in [6, 6.07) is 16.7. The first-order valence-corrected chi connectivity index (χ1v) is 13.7. The van der Waals surface area contributed by atoms with Gasteiger partial charge >= 0.3 is 0 Å². The van der Waals surface area contributed by atoms with Crippen LogP contribution < -0.4 is 5.32 Å². The molecule has 1 N–H and O–H groups in total. The molecular weight excluding hydrogens is 485 g/mol. The lowest BCUT2D eigenvalue weighted by Crippen LogP contribution is -2.43. The second-order valence-corrected chi connectivity index (χ2v) is 10.8. The molecule has 0 radical (unpaired) electrons. The Morgan fingerprint density at radius 2 is 1.95 bits per heavy atom. The lowest BCUT2D eigenvalue weighted by Gasteiger charge is -2.42. The highest BCUT2D eigenvalue weighted by Gasteiger charge is 2.47. The predicted molar refractivity (Wildman–Crippen MR) is 144 cm³/mol. The van der Waals surface area contributed by atoms with Crippen LogP contribution in [0.5, 0.6) is 0 Å². The molecular formula is C29H28FN5OS. The maximum atomic E-state index is 14.0. The summed E-state index contributed by atoms with van der Waals surface area (Å²) in [6.07, 6.45) is 12.2. The SMILES string of the molecule is O=C(Nc1nncs1)C1(C(c2ccccc2)c2ccc3c(cnn3C3C=CC(F)=CC3)c2)CCCCC1. The van der Waals surface area contributed by atoms with Crippen LogP contribution in [0.15, 0.2) is 84.3 Å². The molecule has 1 amide bonds. The summed E-state index contributed by atoms with van der Waals surface area (Å²) in [6.45, 7) is 0. The number of hydrogen-bond acceptors (Lipinski definition) is 5. The van der Waals surface area contributed by atoms with E-state index in [1.807, 2.05) is 35.2 Å². The Morgan fingerprint density at radius 1 is 1.11 bits per heavy atom. The Balaban J connectivity index is 1.44. The van der Waals surface area contributed by atoms with E-state index in [0.717, 1.165) is 54.1 Å². The van der Waals surface area contributed by atoms with Crippen molar-refractivity contribution in [1.29, 1.82) is 0 Å². The maximum Gasteiger partial charge on any atom is 0.233 e. The van der Waals surface area contributed by atoms with Gasteiger partial charge in [0, 0.05) is 11.3 Å². The van der Waals surface area contributed by atoms with E-state index >= 15 is 0 Å². The van der Waals surface area contributed by atoms with Crippen molar-refractivity contribution in [2.75, 3.05) is 5.32 Å². The summed E-state index contributed by atoms with van der Waals surface area (Å²) in [5, 5.41) is 17.3. The molecule has 8 heteroatoms. The van der Waals surface area contributed by atoms with Gasteiger partial charge in [0.2, 0.25) is 11.0 Å². The Kier molecular flexibility index (Phi) is 6.42. The molecule has 2 heterocycles. The number of carbonyl (C=O) groups is 1. The van der Waals surface area contributed by atoms with E-state index in [2.05, 4.69) is 50.9 Å². The Labute approximate surface area is 218 Å². The van der Waals surface area contributed by atoms with Crippen molar-refractivity contribution >= 4 is 33.3 Å². The number of allylic oxidation sites excluding steroid dienone is 4. The average Bonchev–Trinajstić information content (AvgIpc) is 3.60. The molecule has 188 valence electrons. The Bertz CT molecular complexity index is 1450. The number of rotatable bonds is 6. The van der Waals surface area contributed by atoms with Gasteiger partial charge in [-0.05, 0) is 54.7 Å². The summed E-state index contributed by atoms with van der Waals surface area (Å²) in [4.78, 5) is 14.0. The molecule has 2 aromatic heterocycles. The molecule has 0 saturated heterocycles. The van der Waals surface area contributed by atoms with Crippen LogP contribution in [0, 0.1) is 5.41 Å². The van der Waals surface area contributed by atoms with Crippen molar-refractivity contribution in [1.82, 2.24) is 20.0 Å². The number of hydrogen-bond donors (Lipinski definition) is 1. The van der Waals surface area contributed by atoms with E-state index in [-0.39, 0.29) is 23.7 Å². The summed E-state index contributed by atoms with van der Waals surface area (Å²) in [5.41, 5.74) is 4.24.